The van der Waals surface area contributed by atoms with Gasteiger partial charge in [-0.15, -0.1) is 0 Å². The van der Waals surface area contributed by atoms with Crippen molar-refractivity contribution in [2.75, 3.05) is 5.32 Å². The number of fused-ring (bicyclic) bond motifs is 1. The number of carbonyl (C=O) groups excluding carboxylic acids is 1. The Balaban J connectivity index is 2.14. The molecule has 0 aliphatic heterocycles. The first-order valence-electron chi connectivity index (χ1n) is 7.30. The molecule has 1 aromatic carbocycles. The van der Waals surface area contributed by atoms with Crippen LogP contribution in [0.25, 0.3) is 10.9 Å². The lowest BCUT2D eigenvalue weighted by Crippen LogP contribution is -2.20. The van der Waals surface area contributed by atoms with E-state index in [1.165, 1.54) is 24.5 Å². The van der Waals surface area contributed by atoms with E-state index >= 15 is 0 Å². The van der Waals surface area contributed by atoms with Crippen molar-refractivity contribution >= 4 is 34.1 Å². The molecule has 122 valence electrons. The molecule has 24 heavy (non-hydrogen) atoms. The van der Waals surface area contributed by atoms with E-state index in [-0.39, 0.29) is 11.4 Å². The molecule has 0 fully saturated rings. The van der Waals surface area contributed by atoms with E-state index in [1.54, 1.807) is 12.1 Å². The fourth-order valence-corrected chi connectivity index (χ4v) is 2.78. The zero-order valence-corrected chi connectivity index (χ0v) is 13.5. The number of aromatic amines is 1. The van der Waals surface area contributed by atoms with Crippen LogP contribution < -0.4 is 10.9 Å². The number of hydrogen-bond donors (Lipinski definition) is 3. The third kappa shape index (κ3) is 2.83. The van der Waals surface area contributed by atoms with E-state index < -0.39 is 11.5 Å². The maximum absolute atomic E-state index is 12.2. The molecule has 0 saturated carbocycles. The minimum atomic E-state index is -0.605. The van der Waals surface area contributed by atoms with Crippen molar-refractivity contribution in [3.63, 3.8) is 0 Å². The number of aryl methyl sites for hydroxylation is 1. The molecule has 0 aliphatic rings. The Morgan fingerprint density at radius 2 is 2.04 bits per heavy atom. The highest BCUT2D eigenvalue weighted by atomic mass is 35.5. The summed E-state index contributed by atoms with van der Waals surface area (Å²) in [6.07, 6.45) is 3.54. The van der Waals surface area contributed by atoms with E-state index in [9.17, 15) is 14.7 Å². The third-order valence-electron chi connectivity index (χ3n) is 3.70. The number of rotatable bonds is 3. The number of aromatic hydroxyl groups is 1. The van der Waals surface area contributed by atoms with Gasteiger partial charge in [-0.25, -0.2) is 0 Å². The smallest absolute Gasteiger partial charge is 0.276 e. The number of benzene rings is 1. The summed E-state index contributed by atoms with van der Waals surface area (Å²) in [6, 6.07) is 6.31. The van der Waals surface area contributed by atoms with Crippen LogP contribution in [0.3, 0.4) is 0 Å². The number of aromatic nitrogens is 2. The van der Waals surface area contributed by atoms with Gasteiger partial charge >= 0.3 is 0 Å². The lowest BCUT2D eigenvalue weighted by Gasteiger charge is -2.12. The molecule has 2 heterocycles. The van der Waals surface area contributed by atoms with Gasteiger partial charge in [0.05, 0.1) is 5.52 Å². The van der Waals surface area contributed by atoms with E-state index in [1.807, 2.05) is 6.92 Å². The summed E-state index contributed by atoms with van der Waals surface area (Å²) in [5, 5.41) is 13.9. The first-order valence-corrected chi connectivity index (χ1v) is 7.67. The largest absolute Gasteiger partial charge is 0.505 e. The van der Waals surface area contributed by atoms with Crippen LogP contribution in [0.15, 0.2) is 41.5 Å². The summed E-state index contributed by atoms with van der Waals surface area (Å²) < 4.78 is 0. The number of nitrogens with zero attached hydrogens (tertiary/aromatic N) is 1. The highest BCUT2D eigenvalue weighted by Gasteiger charge is 2.17. The summed E-state index contributed by atoms with van der Waals surface area (Å²) in [5.41, 5.74) is 0.721. The van der Waals surface area contributed by atoms with E-state index in [0.717, 1.165) is 5.56 Å². The van der Waals surface area contributed by atoms with Gasteiger partial charge in [-0.1, -0.05) is 18.5 Å². The maximum Gasteiger partial charge on any atom is 0.276 e. The number of anilines is 1. The van der Waals surface area contributed by atoms with Crippen molar-refractivity contribution < 1.29 is 9.90 Å². The second kappa shape index (κ2) is 6.33. The molecule has 0 unspecified atom stereocenters. The second-order valence-electron chi connectivity index (χ2n) is 5.21. The SMILES string of the molecule is CCc1cc(Cl)cc2[nH]c(=O)c(NC(=O)c3ccncc3)c(O)c12. The Morgan fingerprint density at radius 3 is 2.71 bits per heavy atom. The van der Waals surface area contributed by atoms with Gasteiger partial charge in [0.15, 0.2) is 11.4 Å². The molecule has 3 N–H and O–H groups in total. The van der Waals surface area contributed by atoms with Gasteiger partial charge in [-0.2, -0.15) is 0 Å². The first kappa shape index (κ1) is 16.0. The predicted octanol–water partition coefficient (Wildman–Crippen LogP) is 3.10. The van der Waals surface area contributed by atoms with Crippen LogP contribution in [0.2, 0.25) is 5.02 Å². The van der Waals surface area contributed by atoms with Crippen molar-refractivity contribution in [1.29, 1.82) is 0 Å². The van der Waals surface area contributed by atoms with Gasteiger partial charge in [0, 0.05) is 28.4 Å². The molecular formula is C17H14ClN3O3. The highest BCUT2D eigenvalue weighted by molar-refractivity contribution is 6.31. The second-order valence-corrected chi connectivity index (χ2v) is 5.65. The van der Waals surface area contributed by atoms with Gasteiger partial charge in [0.2, 0.25) is 0 Å². The molecule has 0 radical (unpaired) electrons. The van der Waals surface area contributed by atoms with Gasteiger partial charge < -0.3 is 15.4 Å². The molecule has 0 atom stereocenters. The Kier molecular flexibility index (Phi) is 4.22. The zero-order valence-electron chi connectivity index (χ0n) is 12.8. The van der Waals surface area contributed by atoms with Crippen LogP contribution >= 0.6 is 11.6 Å². The van der Waals surface area contributed by atoms with Gasteiger partial charge in [-0.05, 0) is 36.2 Å². The van der Waals surface area contributed by atoms with Crippen LogP contribution in [-0.2, 0) is 6.42 Å². The van der Waals surface area contributed by atoms with Crippen LogP contribution in [0, 0.1) is 0 Å². The van der Waals surface area contributed by atoms with Crippen molar-refractivity contribution in [2.45, 2.75) is 13.3 Å². The predicted molar refractivity (Wildman–Crippen MR) is 92.8 cm³/mol. The molecule has 3 rings (SSSR count). The lowest BCUT2D eigenvalue weighted by atomic mass is 10.0. The van der Waals surface area contributed by atoms with E-state index in [4.69, 9.17) is 11.6 Å². The van der Waals surface area contributed by atoms with Gasteiger partial charge in [0.1, 0.15) is 0 Å². The number of amides is 1. The molecule has 0 aliphatic carbocycles. The zero-order chi connectivity index (χ0) is 17.3. The number of carbonyl (C=O) groups is 1. The number of halogens is 1. The van der Waals surface area contributed by atoms with Crippen molar-refractivity contribution in [3.8, 4) is 5.75 Å². The molecule has 2 aromatic heterocycles. The monoisotopic (exact) mass is 343 g/mol. The standard InChI is InChI=1S/C17H14ClN3O3/c1-2-9-7-11(18)8-12-13(9)15(22)14(17(24)20-12)21-16(23)10-3-5-19-6-4-10/h3-8H,2H2,1H3,(H,21,23)(H2,20,22,24). The number of hydrogen-bond acceptors (Lipinski definition) is 4. The average Bonchev–Trinajstić information content (AvgIpc) is 2.58. The summed E-state index contributed by atoms with van der Waals surface area (Å²) in [7, 11) is 0. The van der Waals surface area contributed by atoms with Crippen molar-refractivity contribution in [2.24, 2.45) is 0 Å². The number of pyridine rings is 2. The molecule has 6 nitrogen and oxygen atoms in total. The van der Waals surface area contributed by atoms with Crippen LogP contribution in [0.1, 0.15) is 22.8 Å². The Labute approximate surface area is 142 Å². The fourth-order valence-electron chi connectivity index (χ4n) is 2.54. The van der Waals surface area contributed by atoms with Crippen LogP contribution in [0.4, 0.5) is 5.69 Å². The van der Waals surface area contributed by atoms with Crippen LogP contribution in [-0.4, -0.2) is 21.0 Å². The van der Waals surface area contributed by atoms with Crippen LogP contribution in [0.5, 0.6) is 5.75 Å². The van der Waals surface area contributed by atoms with E-state index in [2.05, 4.69) is 15.3 Å². The quantitative estimate of drug-likeness (QED) is 0.681. The normalized spacial score (nSPS) is 10.8. The molecular weight excluding hydrogens is 330 g/mol. The van der Waals surface area contributed by atoms with Gasteiger partial charge in [0.25, 0.3) is 11.5 Å². The molecule has 7 heteroatoms. The average molecular weight is 344 g/mol. The van der Waals surface area contributed by atoms with Crippen molar-refractivity contribution in [3.05, 3.63) is 63.2 Å². The lowest BCUT2D eigenvalue weighted by molar-refractivity contribution is 0.102. The molecule has 0 bridgehead atoms. The Hall–Kier alpha value is -2.86. The minimum absolute atomic E-state index is 0.193. The summed E-state index contributed by atoms with van der Waals surface area (Å²) in [5.74, 6) is -0.783. The minimum Gasteiger partial charge on any atom is -0.505 e. The molecule has 0 saturated heterocycles. The number of H-pyrrole nitrogens is 1. The highest BCUT2D eigenvalue weighted by Crippen LogP contribution is 2.33. The maximum atomic E-state index is 12.2. The molecule has 1 amide bonds. The number of nitrogens with one attached hydrogen (secondary N) is 2. The summed E-state index contributed by atoms with van der Waals surface area (Å²) in [6.45, 7) is 1.91. The Morgan fingerprint density at radius 1 is 1.33 bits per heavy atom. The molecule has 3 aromatic rings. The summed E-state index contributed by atoms with van der Waals surface area (Å²) in [4.78, 5) is 31.0. The topological polar surface area (TPSA) is 95.1 Å². The molecule has 0 spiro atoms. The fraction of sp³-hybridized carbons (Fsp3) is 0.118. The third-order valence-corrected chi connectivity index (χ3v) is 3.91. The Bertz CT molecular complexity index is 984. The summed E-state index contributed by atoms with van der Waals surface area (Å²) >= 11 is 6.03. The van der Waals surface area contributed by atoms with E-state index in [0.29, 0.717) is 27.9 Å². The van der Waals surface area contributed by atoms with Gasteiger partial charge in [-0.3, -0.25) is 14.6 Å². The first-order chi connectivity index (χ1) is 11.5. The van der Waals surface area contributed by atoms with Crippen molar-refractivity contribution in [1.82, 2.24) is 9.97 Å².